The Morgan fingerprint density at radius 3 is 2.33 bits per heavy atom. The Hall–Kier alpha value is -2.39. The molecule has 3 nitrogen and oxygen atoms in total. The van der Waals surface area contributed by atoms with Crippen LogP contribution in [0.3, 0.4) is 0 Å². The molecule has 0 atom stereocenters. The molecule has 2 aromatic carbocycles. The second kappa shape index (κ2) is 5.94. The van der Waals surface area contributed by atoms with Gasteiger partial charge in [0.05, 0.1) is 12.7 Å². The molecule has 1 aromatic heterocycles. The van der Waals surface area contributed by atoms with Crippen LogP contribution in [0.15, 0.2) is 71.7 Å². The summed E-state index contributed by atoms with van der Waals surface area (Å²) in [6.45, 7) is 0.473. The second-order valence-electron chi connectivity index (χ2n) is 4.73. The lowest BCUT2D eigenvalue weighted by molar-refractivity contribution is 0.640. The van der Waals surface area contributed by atoms with Gasteiger partial charge >= 0.3 is 0 Å². The SMILES string of the molecule is O=c1cc(-c2ccc(Cl)cc2)cnn1Cc1ccccc1. The highest BCUT2D eigenvalue weighted by molar-refractivity contribution is 6.30. The minimum atomic E-state index is -0.119. The fourth-order valence-corrected chi connectivity index (χ4v) is 2.23. The van der Waals surface area contributed by atoms with Crippen LogP contribution < -0.4 is 5.56 Å². The van der Waals surface area contributed by atoms with Crippen LogP contribution in [0, 0.1) is 0 Å². The van der Waals surface area contributed by atoms with Crippen molar-refractivity contribution in [2.75, 3.05) is 0 Å². The molecule has 0 N–H and O–H groups in total. The minimum absolute atomic E-state index is 0.119. The molecule has 3 rings (SSSR count). The van der Waals surface area contributed by atoms with Crippen LogP contribution in [0.1, 0.15) is 5.56 Å². The Kier molecular flexibility index (Phi) is 3.84. The van der Waals surface area contributed by atoms with E-state index in [1.165, 1.54) is 4.68 Å². The Morgan fingerprint density at radius 2 is 1.67 bits per heavy atom. The molecule has 0 aliphatic rings. The summed E-state index contributed by atoms with van der Waals surface area (Å²) in [7, 11) is 0. The summed E-state index contributed by atoms with van der Waals surface area (Å²) in [5.41, 5.74) is 2.65. The molecule has 21 heavy (non-hydrogen) atoms. The molecule has 1 heterocycles. The Bertz CT molecular complexity index is 795. The molecule has 0 fully saturated rings. The predicted octanol–water partition coefficient (Wildman–Crippen LogP) is 3.61. The van der Waals surface area contributed by atoms with Crippen LogP contribution >= 0.6 is 11.6 Å². The van der Waals surface area contributed by atoms with Gasteiger partial charge < -0.3 is 0 Å². The number of halogens is 1. The zero-order valence-electron chi connectivity index (χ0n) is 11.2. The van der Waals surface area contributed by atoms with E-state index < -0.39 is 0 Å². The first-order valence-electron chi connectivity index (χ1n) is 6.59. The van der Waals surface area contributed by atoms with Crippen molar-refractivity contribution in [2.24, 2.45) is 0 Å². The van der Waals surface area contributed by atoms with Gasteiger partial charge in [-0.15, -0.1) is 0 Å². The average molecular weight is 297 g/mol. The standard InChI is InChI=1S/C17H13ClN2O/c18-16-8-6-14(7-9-16)15-10-17(21)20(19-11-15)12-13-4-2-1-3-5-13/h1-11H,12H2. The van der Waals surface area contributed by atoms with Crippen LogP contribution in [-0.2, 0) is 6.54 Å². The summed E-state index contributed by atoms with van der Waals surface area (Å²) in [4.78, 5) is 12.2. The lowest BCUT2D eigenvalue weighted by Gasteiger charge is -2.06. The number of rotatable bonds is 3. The average Bonchev–Trinajstić information content (AvgIpc) is 2.51. The van der Waals surface area contributed by atoms with E-state index in [0.29, 0.717) is 11.6 Å². The van der Waals surface area contributed by atoms with Crippen molar-refractivity contribution in [2.45, 2.75) is 6.54 Å². The zero-order chi connectivity index (χ0) is 14.7. The molecule has 0 bridgehead atoms. The largest absolute Gasteiger partial charge is 0.268 e. The first-order chi connectivity index (χ1) is 10.2. The fraction of sp³-hybridized carbons (Fsp3) is 0.0588. The topological polar surface area (TPSA) is 34.9 Å². The predicted molar refractivity (Wildman–Crippen MR) is 84.5 cm³/mol. The van der Waals surface area contributed by atoms with Crippen LogP contribution in [-0.4, -0.2) is 9.78 Å². The van der Waals surface area contributed by atoms with Crippen molar-refractivity contribution < 1.29 is 0 Å². The van der Waals surface area contributed by atoms with Crippen molar-refractivity contribution >= 4 is 11.6 Å². The van der Waals surface area contributed by atoms with E-state index in [-0.39, 0.29) is 5.56 Å². The zero-order valence-corrected chi connectivity index (χ0v) is 12.0. The van der Waals surface area contributed by atoms with E-state index in [0.717, 1.165) is 16.7 Å². The normalized spacial score (nSPS) is 10.5. The molecule has 0 unspecified atom stereocenters. The number of benzene rings is 2. The lowest BCUT2D eigenvalue weighted by Crippen LogP contribution is -2.22. The van der Waals surface area contributed by atoms with E-state index in [2.05, 4.69) is 5.10 Å². The Labute approximate surface area is 127 Å². The van der Waals surface area contributed by atoms with Gasteiger partial charge in [0.15, 0.2) is 0 Å². The molecule has 104 valence electrons. The maximum absolute atomic E-state index is 12.2. The van der Waals surface area contributed by atoms with Crippen molar-refractivity contribution in [3.63, 3.8) is 0 Å². The van der Waals surface area contributed by atoms with Gasteiger partial charge in [0.25, 0.3) is 5.56 Å². The molecule has 0 saturated heterocycles. The van der Waals surface area contributed by atoms with Gasteiger partial charge in [0.1, 0.15) is 0 Å². The van der Waals surface area contributed by atoms with E-state index >= 15 is 0 Å². The molecular weight excluding hydrogens is 284 g/mol. The van der Waals surface area contributed by atoms with E-state index in [4.69, 9.17) is 11.6 Å². The molecule has 0 saturated carbocycles. The Morgan fingerprint density at radius 1 is 0.952 bits per heavy atom. The summed E-state index contributed by atoms with van der Waals surface area (Å²) in [5, 5.41) is 4.91. The maximum atomic E-state index is 12.2. The van der Waals surface area contributed by atoms with Gasteiger partial charge in [-0.05, 0) is 23.3 Å². The van der Waals surface area contributed by atoms with Gasteiger partial charge in [-0.2, -0.15) is 5.10 Å². The molecule has 0 spiro atoms. The smallest absolute Gasteiger partial charge is 0.267 e. The van der Waals surface area contributed by atoms with Crippen LogP contribution in [0.5, 0.6) is 0 Å². The number of aromatic nitrogens is 2. The third-order valence-corrected chi connectivity index (χ3v) is 3.47. The quantitative estimate of drug-likeness (QED) is 0.740. The summed E-state index contributed by atoms with van der Waals surface area (Å²) >= 11 is 5.86. The molecule has 4 heteroatoms. The van der Waals surface area contributed by atoms with Gasteiger partial charge in [-0.1, -0.05) is 54.1 Å². The fourth-order valence-electron chi connectivity index (χ4n) is 2.11. The summed E-state index contributed by atoms with van der Waals surface area (Å²) in [5.74, 6) is 0. The van der Waals surface area contributed by atoms with Crippen molar-refractivity contribution in [3.05, 3.63) is 87.8 Å². The summed E-state index contributed by atoms with van der Waals surface area (Å²) < 4.78 is 1.45. The van der Waals surface area contributed by atoms with Crippen molar-refractivity contribution in [1.29, 1.82) is 0 Å². The van der Waals surface area contributed by atoms with Gasteiger partial charge in [0, 0.05) is 16.7 Å². The van der Waals surface area contributed by atoms with Crippen LogP contribution in [0.2, 0.25) is 5.02 Å². The van der Waals surface area contributed by atoms with Gasteiger partial charge in [0.2, 0.25) is 0 Å². The molecule has 3 aromatic rings. The van der Waals surface area contributed by atoms with Gasteiger partial charge in [-0.25, -0.2) is 4.68 Å². The van der Waals surface area contributed by atoms with Crippen LogP contribution in [0.4, 0.5) is 0 Å². The molecule has 0 aliphatic carbocycles. The molecule has 0 amide bonds. The monoisotopic (exact) mass is 296 g/mol. The van der Waals surface area contributed by atoms with Gasteiger partial charge in [-0.3, -0.25) is 4.79 Å². The number of nitrogens with zero attached hydrogens (tertiary/aromatic N) is 2. The first kappa shape index (κ1) is 13.6. The highest BCUT2D eigenvalue weighted by atomic mass is 35.5. The first-order valence-corrected chi connectivity index (χ1v) is 6.97. The highest BCUT2D eigenvalue weighted by Crippen LogP contribution is 2.19. The number of hydrogen-bond acceptors (Lipinski definition) is 2. The van der Waals surface area contributed by atoms with E-state index in [9.17, 15) is 4.79 Å². The van der Waals surface area contributed by atoms with Crippen LogP contribution in [0.25, 0.3) is 11.1 Å². The van der Waals surface area contributed by atoms with Crippen molar-refractivity contribution in [3.8, 4) is 11.1 Å². The number of hydrogen-bond donors (Lipinski definition) is 0. The maximum Gasteiger partial charge on any atom is 0.267 e. The third kappa shape index (κ3) is 3.20. The Balaban J connectivity index is 1.90. The van der Waals surface area contributed by atoms with Crippen molar-refractivity contribution in [1.82, 2.24) is 9.78 Å². The summed E-state index contributed by atoms with van der Waals surface area (Å²) in [6.07, 6.45) is 1.70. The summed E-state index contributed by atoms with van der Waals surface area (Å²) in [6, 6.07) is 18.7. The molecule has 0 aliphatic heterocycles. The second-order valence-corrected chi connectivity index (χ2v) is 5.17. The van der Waals surface area contributed by atoms with E-state index in [1.807, 2.05) is 42.5 Å². The minimum Gasteiger partial charge on any atom is -0.268 e. The molecule has 0 radical (unpaired) electrons. The lowest BCUT2D eigenvalue weighted by atomic mass is 10.1. The third-order valence-electron chi connectivity index (χ3n) is 3.22. The molecular formula is C17H13ClN2O. The highest BCUT2D eigenvalue weighted by Gasteiger charge is 2.03. The van der Waals surface area contributed by atoms with E-state index in [1.54, 1.807) is 24.4 Å².